The van der Waals surface area contributed by atoms with Crippen molar-refractivity contribution >= 4 is 22.0 Å². The van der Waals surface area contributed by atoms with Crippen molar-refractivity contribution in [3.05, 3.63) is 30.3 Å². The van der Waals surface area contributed by atoms with E-state index < -0.39 is 16.8 Å². The van der Waals surface area contributed by atoms with E-state index in [2.05, 4.69) is 72.5 Å². The first-order chi connectivity index (χ1) is 6.91. The summed E-state index contributed by atoms with van der Waals surface area (Å²) < 4.78 is 5.38. The number of hydrogen-bond acceptors (Lipinski definition) is 2. The second-order valence-corrected chi connectivity index (χ2v) is 14.2. The van der Waals surface area contributed by atoms with Crippen LogP contribution in [-0.2, 0) is 0 Å². The molecule has 0 aliphatic carbocycles. The lowest BCUT2D eigenvalue weighted by atomic mass is 10.4. The predicted octanol–water partition coefficient (Wildman–Crippen LogP) is 1.54. The molecule has 0 bridgehead atoms. The van der Waals surface area contributed by atoms with Gasteiger partial charge in [0.25, 0.3) is 0 Å². The molecule has 2 nitrogen and oxygen atoms in total. The Morgan fingerprint density at radius 1 is 0.867 bits per heavy atom. The van der Waals surface area contributed by atoms with Crippen molar-refractivity contribution in [2.24, 2.45) is 0 Å². The van der Waals surface area contributed by atoms with Gasteiger partial charge in [0.15, 0.2) is 8.40 Å². The highest BCUT2D eigenvalue weighted by molar-refractivity contribution is 7.09. The van der Waals surface area contributed by atoms with E-state index in [1.165, 1.54) is 5.19 Å². The monoisotopic (exact) mass is 236 g/mol. The zero-order valence-electron chi connectivity index (χ0n) is 10.3. The summed E-state index contributed by atoms with van der Waals surface area (Å²) in [4.78, 5) is 0. The summed E-state index contributed by atoms with van der Waals surface area (Å²) in [7, 11) is 1.89. The van der Waals surface area contributed by atoms with E-state index in [0.29, 0.717) is 0 Å². The molecule has 0 unspecified atom stereocenters. The van der Waals surface area contributed by atoms with Gasteiger partial charge < -0.3 is 8.46 Å². The van der Waals surface area contributed by atoms with Gasteiger partial charge in [0.2, 0.25) is 8.40 Å². The van der Waals surface area contributed by atoms with Crippen LogP contribution in [0.1, 0.15) is 0 Å². The fraction of sp³-hybridized carbons (Fsp3) is 0.455. The van der Waals surface area contributed by atoms with Crippen molar-refractivity contribution in [3.8, 4) is 0 Å². The Balaban J connectivity index is 2.39. The highest BCUT2D eigenvalue weighted by Gasteiger charge is 2.60. The molecule has 0 N–H and O–H groups in total. The van der Waals surface area contributed by atoms with Crippen LogP contribution >= 0.6 is 0 Å². The molecule has 0 radical (unpaired) electrons. The maximum absolute atomic E-state index is 2.69. The number of rotatable bonds is 1. The van der Waals surface area contributed by atoms with Gasteiger partial charge in [-0.15, -0.1) is 0 Å². The fourth-order valence-corrected chi connectivity index (χ4v) is 15.6. The maximum Gasteiger partial charge on any atom is 0.224 e. The van der Waals surface area contributed by atoms with E-state index >= 15 is 0 Å². The fourth-order valence-electron chi connectivity index (χ4n) is 2.61. The van der Waals surface area contributed by atoms with Crippen LogP contribution in [0.5, 0.6) is 0 Å². The van der Waals surface area contributed by atoms with E-state index in [1.54, 1.807) is 0 Å². The lowest BCUT2D eigenvalue weighted by molar-refractivity contribution is 0.492. The summed E-state index contributed by atoms with van der Waals surface area (Å²) in [5.41, 5.74) is 0. The van der Waals surface area contributed by atoms with Gasteiger partial charge in [0, 0.05) is 0 Å². The van der Waals surface area contributed by atoms with Crippen LogP contribution in [0.4, 0.5) is 0 Å². The van der Waals surface area contributed by atoms with Crippen LogP contribution in [0.3, 0.4) is 0 Å². The largest absolute Gasteiger partial charge is 0.321 e. The van der Waals surface area contributed by atoms with Gasteiger partial charge in [0.05, 0.1) is 0 Å². The average Bonchev–Trinajstić information content (AvgIpc) is 2.27. The van der Waals surface area contributed by atoms with Crippen molar-refractivity contribution in [1.82, 2.24) is 8.46 Å². The van der Waals surface area contributed by atoms with Crippen molar-refractivity contribution < 1.29 is 0 Å². The predicted molar refractivity (Wildman–Crippen MR) is 70.7 cm³/mol. The first-order valence-corrected chi connectivity index (χ1v) is 10.7. The lowest BCUT2D eigenvalue weighted by Gasteiger charge is -2.66. The number of hydrogen-bond donors (Lipinski definition) is 0. The molecule has 1 saturated heterocycles. The van der Waals surface area contributed by atoms with E-state index in [9.17, 15) is 0 Å². The molecule has 4 heteroatoms. The second-order valence-electron chi connectivity index (χ2n) is 5.00. The van der Waals surface area contributed by atoms with Crippen LogP contribution in [0.2, 0.25) is 19.6 Å². The van der Waals surface area contributed by atoms with Gasteiger partial charge in [0.1, 0.15) is 0 Å². The zero-order valence-corrected chi connectivity index (χ0v) is 12.3. The van der Waals surface area contributed by atoms with Crippen LogP contribution in [0.15, 0.2) is 30.3 Å². The molecule has 15 heavy (non-hydrogen) atoms. The van der Waals surface area contributed by atoms with Crippen molar-refractivity contribution in [2.45, 2.75) is 19.6 Å². The lowest BCUT2D eigenvalue weighted by Crippen LogP contribution is -2.92. The molecule has 82 valence electrons. The molecule has 0 amide bonds. The second kappa shape index (κ2) is 3.28. The van der Waals surface area contributed by atoms with Gasteiger partial charge in [-0.2, -0.15) is 0 Å². The Morgan fingerprint density at radius 3 is 1.80 bits per heavy atom. The van der Waals surface area contributed by atoms with E-state index in [4.69, 9.17) is 0 Å². The molecule has 1 fully saturated rings. The summed E-state index contributed by atoms with van der Waals surface area (Å²) in [5, 5.41) is 1.53. The first-order valence-electron chi connectivity index (χ1n) is 5.45. The van der Waals surface area contributed by atoms with Gasteiger partial charge >= 0.3 is 0 Å². The minimum Gasteiger partial charge on any atom is -0.321 e. The van der Waals surface area contributed by atoms with Gasteiger partial charge in [-0.1, -0.05) is 30.3 Å². The molecule has 1 aromatic carbocycles. The third-order valence-corrected chi connectivity index (χ3v) is 17.5. The molecule has 0 spiro atoms. The quantitative estimate of drug-likeness (QED) is 0.683. The summed E-state index contributed by atoms with van der Waals surface area (Å²) in [6.07, 6.45) is 0. The Hall–Kier alpha value is -0.426. The minimum absolute atomic E-state index is 1.25. The third kappa shape index (κ3) is 1.29. The minimum atomic E-state index is -1.49. The number of benzene rings is 1. The average molecular weight is 236 g/mol. The summed E-state index contributed by atoms with van der Waals surface area (Å²) in [6, 6.07) is 11.0. The van der Waals surface area contributed by atoms with E-state index in [0.717, 1.165) is 0 Å². The molecule has 2 rings (SSSR count). The SMILES string of the molecule is CN1[Si](C)(C)N(C)[Si]1(C)c1ccccc1. The van der Waals surface area contributed by atoms with Gasteiger partial charge in [-0.3, -0.25) is 0 Å². The van der Waals surface area contributed by atoms with Crippen molar-refractivity contribution in [2.75, 3.05) is 14.1 Å². The number of nitrogens with zero attached hydrogens (tertiary/aromatic N) is 2. The molecule has 1 aliphatic heterocycles. The summed E-state index contributed by atoms with van der Waals surface area (Å²) >= 11 is 0. The molecular weight excluding hydrogens is 216 g/mol. The van der Waals surface area contributed by atoms with Gasteiger partial charge in [-0.05, 0) is 38.9 Å². The normalized spacial score (nSPS) is 24.9. The highest BCUT2D eigenvalue weighted by Crippen LogP contribution is 2.34. The summed E-state index contributed by atoms with van der Waals surface area (Å²) in [6.45, 7) is 7.29. The molecule has 1 aromatic rings. The van der Waals surface area contributed by atoms with E-state index in [1.807, 2.05) is 0 Å². The Labute approximate surface area is 94.9 Å². The van der Waals surface area contributed by atoms with Crippen molar-refractivity contribution in [3.63, 3.8) is 0 Å². The van der Waals surface area contributed by atoms with Crippen molar-refractivity contribution in [1.29, 1.82) is 0 Å². The van der Waals surface area contributed by atoms with Crippen LogP contribution in [-0.4, -0.2) is 39.4 Å². The molecule has 0 saturated carbocycles. The van der Waals surface area contributed by atoms with Crippen LogP contribution < -0.4 is 5.19 Å². The first kappa shape index (κ1) is 11.1. The van der Waals surface area contributed by atoms with E-state index in [-0.39, 0.29) is 0 Å². The summed E-state index contributed by atoms with van der Waals surface area (Å²) in [5.74, 6) is 0. The topological polar surface area (TPSA) is 6.48 Å². The molecular formula is C11H20N2Si2. The molecule has 1 heterocycles. The molecule has 1 aliphatic rings. The molecule has 0 aromatic heterocycles. The Kier molecular flexibility index (Phi) is 2.42. The zero-order chi connectivity index (χ0) is 11.3. The smallest absolute Gasteiger partial charge is 0.224 e. The molecule has 0 atom stereocenters. The maximum atomic E-state index is 2.69. The highest BCUT2D eigenvalue weighted by atomic mass is 28.5. The van der Waals surface area contributed by atoms with Crippen LogP contribution in [0.25, 0.3) is 0 Å². The Morgan fingerprint density at radius 2 is 1.33 bits per heavy atom. The van der Waals surface area contributed by atoms with Gasteiger partial charge in [-0.25, -0.2) is 0 Å². The Bertz CT molecular complexity index is 352. The standard InChI is InChI=1S/C11H20N2Si2/c1-12-14(3,4)13(2)15(12,5)11-9-7-6-8-10-11/h6-10H,1-5H3. The third-order valence-electron chi connectivity index (χ3n) is 4.27. The van der Waals surface area contributed by atoms with Crippen LogP contribution in [0, 0.1) is 0 Å².